The molecule has 0 spiro atoms. The average molecular weight is 2100 g/mol. The third kappa shape index (κ3) is 21.7. The summed E-state index contributed by atoms with van der Waals surface area (Å²) in [5, 5.41) is 0. The van der Waals surface area contributed by atoms with Crippen molar-refractivity contribution in [3.63, 3.8) is 0 Å². The Morgan fingerprint density at radius 3 is 0.911 bits per heavy atom. The SMILES string of the molecule is O=C([O][BiH])c1c(F)c(F)c(C(F)(F)F)c(F)c1F.O=C([O][BiH])c1c(F)c(F)c(F)c(F)c1F.O=C([O][BiH])c1ccc(F)c(F)c1F.O=C([O][GaH])c1c(F)c(F)c(F)c(F)c1F.O=C([O][GaH])c1cc(C(F)(F)F)cc(C(F)(F)F)c1.O=C([O][GaH])c1ccc(F)cc1. The Labute approximate surface area is 557 Å². The van der Waals surface area contributed by atoms with E-state index in [9.17, 15) is 147 Å². The molecule has 0 unspecified atom stereocenters. The van der Waals surface area contributed by atoms with Gasteiger partial charge in [0.25, 0.3) is 0 Å². The van der Waals surface area contributed by atoms with Crippen molar-refractivity contribution in [1.29, 1.82) is 0 Å². The van der Waals surface area contributed by atoms with E-state index in [2.05, 4.69) is 19.0 Å². The molecule has 90 heavy (non-hydrogen) atoms. The molecule has 0 aliphatic rings. The second kappa shape index (κ2) is 35.7. The first-order chi connectivity index (χ1) is 41.3. The van der Waals surface area contributed by atoms with Crippen LogP contribution in [0.3, 0.4) is 0 Å². The molecule has 6 aromatic rings. The number of carbonyl (C=O) groups is 6. The van der Waals surface area contributed by atoms with Gasteiger partial charge >= 0.3 is 562 Å². The van der Waals surface area contributed by atoms with Crippen LogP contribution < -0.4 is 0 Å². The summed E-state index contributed by atoms with van der Waals surface area (Å²) in [6.45, 7) is 0. The van der Waals surface area contributed by atoms with E-state index in [0.29, 0.717) is 42.7 Å². The van der Waals surface area contributed by atoms with E-state index in [-0.39, 0.29) is 125 Å². The molecular formula is C45H15Bi3F27Ga3O12. The molecule has 0 aliphatic heterocycles. The topological polar surface area (TPSA) is 158 Å². The fourth-order valence-electron chi connectivity index (χ4n) is 5.37. The predicted octanol–water partition coefficient (Wildman–Crippen LogP) is 9.52. The average Bonchev–Trinajstić information content (AvgIpc) is 0.902. The third-order valence-corrected chi connectivity index (χ3v) is 13.2. The molecule has 0 amide bonds. The van der Waals surface area contributed by atoms with Crippen molar-refractivity contribution in [3.05, 3.63) is 209 Å². The van der Waals surface area contributed by atoms with Crippen molar-refractivity contribution in [1.82, 2.24) is 0 Å². The van der Waals surface area contributed by atoms with Crippen LogP contribution in [0.15, 0.2) is 54.6 Å². The number of alkyl halides is 9. The fourth-order valence-corrected chi connectivity index (χ4v) is 7.59. The van der Waals surface area contributed by atoms with Crippen LogP contribution in [0.4, 0.5) is 119 Å². The number of benzene rings is 6. The van der Waals surface area contributed by atoms with Crippen LogP contribution in [0, 0.1) is 105 Å². The van der Waals surface area contributed by atoms with Crippen LogP contribution in [0.5, 0.6) is 0 Å². The van der Waals surface area contributed by atoms with Crippen LogP contribution in [-0.4, -0.2) is 168 Å². The zero-order chi connectivity index (χ0) is 70.2. The van der Waals surface area contributed by atoms with Gasteiger partial charge in [-0.1, -0.05) is 0 Å². The fraction of sp³-hybridized carbons (Fsp3) is 0.0667. The van der Waals surface area contributed by atoms with Gasteiger partial charge in [-0.05, 0) is 0 Å². The first-order valence-corrected chi connectivity index (χ1v) is 29.4. The number of hydrogen-bond acceptors (Lipinski definition) is 12. The van der Waals surface area contributed by atoms with Gasteiger partial charge in [0, 0.05) is 0 Å². The first kappa shape index (κ1) is 82.8. The number of halogens is 27. The van der Waals surface area contributed by atoms with Crippen molar-refractivity contribution >= 4 is 168 Å². The second-order valence-electron chi connectivity index (χ2n) is 14.9. The van der Waals surface area contributed by atoms with Crippen LogP contribution in [0.2, 0.25) is 0 Å². The normalized spacial score (nSPS) is 10.7. The maximum atomic E-state index is 13.1. The molecule has 0 saturated carbocycles. The molecule has 0 fully saturated rings. The summed E-state index contributed by atoms with van der Waals surface area (Å²) < 4.78 is 365. The Kier molecular flexibility index (Phi) is 32.9. The van der Waals surface area contributed by atoms with E-state index in [1.165, 1.54) is 24.3 Å². The van der Waals surface area contributed by atoms with Gasteiger partial charge in [-0.25, -0.2) is 0 Å². The molecular weight excluding hydrogens is 2080 g/mol. The first-order valence-electron chi connectivity index (χ1n) is 21.0. The van der Waals surface area contributed by atoms with Gasteiger partial charge in [-0.3, -0.25) is 0 Å². The summed E-state index contributed by atoms with van der Waals surface area (Å²) in [7, 11) is 0. The van der Waals surface area contributed by atoms with Gasteiger partial charge < -0.3 is 0 Å². The molecule has 12 nitrogen and oxygen atoms in total. The molecule has 0 N–H and O–H groups in total. The van der Waals surface area contributed by atoms with Crippen molar-refractivity contribution in [2.24, 2.45) is 0 Å². The molecule has 0 bridgehead atoms. The van der Waals surface area contributed by atoms with E-state index < -0.39 is 198 Å². The minimum atomic E-state index is -5.64. The molecule has 0 saturated heterocycles. The van der Waals surface area contributed by atoms with Crippen molar-refractivity contribution < 1.29 is 166 Å². The number of hydrogen-bond donors (Lipinski definition) is 0. The van der Waals surface area contributed by atoms with Gasteiger partial charge in [-0.2, -0.15) is 0 Å². The van der Waals surface area contributed by atoms with Crippen molar-refractivity contribution in [3.8, 4) is 0 Å². The monoisotopic (exact) mass is 2090 g/mol. The standard InChI is InChI=1S/C9H4F6O2.C8HF7O2.2C7HF5O2.C7H3F3O2.C7H5FO2.3Bi.3Ga.6H/c10-8(11,12)5-1-4(7(16)17)2-6(3-5)9(13,14)15;9-3-1(7(16)17)4(10)6(12)2(5(3)11)8(13,14)15;2*8-2-1(7(13)14)3(9)5(11)6(12)4(2)10;8-4-2-1-3(7(11)12)5(9)6(4)10;8-6-3-1-5(2-4-6)7(9)10;;;;;;;;;;;;/h1-3H,(H,16,17);(H,16,17);2*(H,13,14);1-2H,(H,11,12);1-4H,(H,9,10);;;;;;;;;;;;/q;;;;;;6*+1;;;;;;/p-6. The zero-order valence-corrected chi connectivity index (χ0v) is 62.5. The second-order valence-corrected chi connectivity index (χ2v) is 19.1. The van der Waals surface area contributed by atoms with Gasteiger partial charge in [-0.15, -0.1) is 0 Å². The molecule has 480 valence electrons. The Morgan fingerprint density at radius 1 is 0.311 bits per heavy atom. The van der Waals surface area contributed by atoms with Crippen LogP contribution in [0.1, 0.15) is 78.8 Å². The van der Waals surface area contributed by atoms with E-state index in [1.54, 1.807) is 0 Å². The van der Waals surface area contributed by atoms with Crippen LogP contribution in [0.25, 0.3) is 0 Å². The van der Waals surface area contributed by atoms with E-state index >= 15 is 0 Å². The minimum absolute atomic E-state index is 0.0313. The van der Waals surface area contributed by atoms with E-state index in [1.807, 2.05) is 0 Å². The summed E-state index contributed by atoms with van der Waals surface area (Å²) in [6.07, 6.45) is -15.6. The summed E-state index contributed by atoms with van der Waals surface area (Å²) in [6, 6.07) is 7.36. The molecule has 0 aromatic heterocycles. The van der Waals surface area contributed by atoms with Crippen molar-refractivity contribution in [2.75, 3.05) is 0 Å². The quantitative estimate of drug-likeness (QED) is 0.0512. The van der Waals surface area contributed by atoms with E-state index in [4.69, 9.17) is 0 Å². The van der Waals surface area contributed by atoms with Gasteiger partial charge in [0.2, 0.25) is 0 Å². The van der Waals surface area contributed by atoms with Gasteiger partial charge in [0.05, 0.1) is 0 Å². The molecule has 45 heteroatoms. The van der Waals surface area contributed by atoms with Crippen LogP contribution in [-0.2, 0) is 37.6 Å². The number of carbonyl (C=O) groups excluding carboxylic acids is 6. The summed E-state index contributed by atoms with van der Waals surface area (Å²) in [4.78, 5) is 65.0. The van der Waals surface area contributed by atoms with E-state index in [0.717, 1.165) is 6.07 Å². The maximum absolute atomic E-state index is 13.1. The summed E-state index contributed by atoms with van der Waals surface area (Å²) >= 11 is -0.220. The predicted molar refractivity (Wildman–Crippen MR) is 248 cm³/mol. The summed E-state index contributed by atoms with van der Waals surface area (Å²) in [5.41, 5.74) is -11.8. The van der Waals surface area contributed by atoms with Gasteiger partial charge in [0.15, 0.2) is 0 Å². The Morgan fingerprint density at radius 2 is 0.611 bits per heavy atom. The summed E-state index contributed by atoms with van der Waals surface area (Å²) in [5.74, 6) is -44.7. The number of rotatable bonds is 6. The zero-order valence-electron chi connectivity index (χ0n) is 41.9. The Bertz CT molecular complexity index is 3470. The Hall–Kier alpha value is -5.19. The third-order valence-electron chi connectivity index (χ3n) is 9.41. The van der Waals surface area contributed by atoms with Gasteiger partial charge in [0.1, 0.15) is 0 Å². The molecule has 0 aliphatic carbocycles. The molecule has 6 radical (unpaired) electrons. The molecule has 0 atom stereocenters. The van der Waals surface area contributed by atoms with Crippen molar-refractivity contribution in [2.45, 2.75) is 18.5 Å². The Balaban J connectivity index is 0.000000544. The molecule has 6 aromatic carbocycles. The molecule has 0 heterocycles. The molecule has 6 rings (SSSR count). The van der Waals surface area contributed by atoms with Crippen LogP contribution >= 0.6 is 0 Å².